The van der Waals surface area contributed by atoms with Crippen molar-refractivity contribution in [3.63, 3.8) is 0 Å². The summed E-state index contributed by atoms with van der Waals surface area (Å²) in [5.41, 5.74) is 8.60. The predicted molar refractivity (Wildman–Crippen MR) is 51.9 cm³/mol. The summed E-state index contributed by atoms with van der Waals surface area (Å²) in [6, 6.07) is 3.11. The molecule has 0 atom stereocenters. The topological polar surface area (TPSA) is 69.1 Å². The fourth-order valence-electron chi connectivity index (χ4n) is 1.03. The zero-order valence-corrected chi connectivity index (χ0v) is 7.93. The number of halogens is 3. The first kappa shape index (κ1) is 11.9. The van der Waals surface area contributed by atoms with Crippen LogP contribution in [0.5, 0.6) is 0 Å². The van der Waals surface area contributed by atoms with Gasteiger partial charge in [-0.3, -0.25) is 4.79 Å². The van der Waals surface area contributed by atoms with E-state index in [9.17, 15) is 18.0 Å². The number of nitrogen functional groups attached to an aromatic ring is 1. The molecule has 1 rings (SSSR count). The van der Waals surface area contributed by atoms with E-state index in [4.69, 9.17) is 11.5 Å². The highest BCUT2D eigenvalue weighted by Gasteiger charge is 2.33. The van der Waals surface area contributed by atoms with Gasteiger partial charge in [0.05, 0.1) is 5.56 Å². The van der Waals surface area contributed by atoms with E-state index in [1.54, 1.807) is 0 Å². The fourth-order valence-corrected chi connectivity index (χ4v) is 1.03. The van der Waals surface area contributed by atoms with E-state index in [0.29, 0.717) is 0 Å². The summed E-state index contributed by atoms with van der Waals surface area (Å²) in [4.78, 5) is 10.3. The quantitative estimate of drug-likeness (QED) is 0.516. The molecule has 0 spiro atoms. The Morgan fingerprint density at radius 3 is 2.44 bits per heavy atom. The van der Waals surface area contributed by atoms with E-state index in [-0.39, 0.29) is 11.3 Å². The molecule has 0 saturated heterocycles. The molecule has 0 aliphatic carbocycles. The molecule has 0 fully saturated rings. The van der Waals surface area contributed by atoms with Crippen LogP contribution in [-0.2, 0) is 11.0 Å². The molecule has 1 aromatic rings. The number of hydrogen-bond acceptors (Lipinski definition) is 2. The molecule has 0 aliphatic rings. The monoisotopic (exact) mass is 228 g/mol. The Kier molecular flexibility index (Phi) is 3.09. The van der Waals surface area contributed by atoms with E-state index in [1.165, 1.54) is 6.07 Å². The van der Waals surface area contributed by atoms with E-state index < -0.39 is 17.6 Å². The Morgan fingerprint density at radius 1 is 1.31 bits per heavy atom. The molecule has 0 radical (unpaired) electrons. The van der Waals surface area contributed by atoms with Gasteiger partial charge in [0.25, 0.3) is 5.91 Å². The van der Waals surface area contributed by atoms with E-state index in [2.05, 4.69) is 0 Å². The molecule has 0 unspecified atom stereocenters. The maximum Gasteiger partial charge on any atom is 0.417 e. The number of carbonyl (C=O) groups excluding carboxylic acids is 1. The first-order chi connectivity index (χ1) is 7.30. The van der Waals surface area contributed by atoms with E-state index in [0.717, 1.165) is 12.1 Å². The molecule has 4 N–H and O–H groups in total. The number of rotatable bonds is 0. The number of alkyl halides is 3. The highest BCUT2D eigenvalue weighted by molar-refractivity contribution is 5.92. The minimum absolute atomic E-state index is 0.0306. The molecule has 0 saturated carbocycles. The average molecular weight is 228 g/mol. The molecule has 0 bridgehead atoms. The first-order valence-corrected chi connectivity index (χ1v) is 4.09. The molecule has 0 heterocycles. The standard InChI is InChI=1S/C10H7F3N2O/c11-10(12,13)8-5-7(14)3-1-6(8)2-4-9(15)16/h1,3,5H,14H2,(H2,15,16). The second-order valence-corrected chi connectivity index (χ2v) is 2.92. The largest absolute Gasteiger partial charge is 0.417 e. The van der Waals surface area contributed by atoms with Gasteiger partial charge < -0.3 is 11.5 Å². The van der Waals surface area contributed by atoms with Crippen molar-refractivity contribution in [2.24, 2.45) is 5.73 Å². The normalized spacial score (nSPS) is 10.4. The molecule has 3 nitrogen and oxygen atoms in total. The zero-order chi connectivity index (χ0) is 12.3. The van der Waals surface area contributed by atoms with Crippen LogP contribution in [0, 0.1) is 11.8 Å². The van der Waals surface area contributed by atoms with Crippen molar-refractivity contribution in [3.05, 3.63) is 29.3 Å². The predicted octanol–water partition coefficient (Wildman–Crippen LogP) is 1.12. The smallest absolute Gasteiger partial charge is 0.399 e. The van der Waals surface area contributed by atoms with Crippen LogP contribution in [-0.4, -0.2) is 5.91 Å². The molecule has 16 heavy (non-hydrogen) atoms. The number of primary amides is 1. The molecular weight excluding hydrogens is 221 g/mol. The molecular formula is C10H7F3N2O. The molecule has 1 aromatic carbocycles. The van der Waals surface area contributed by atoms with E-state index >= 15 is 0 Å². The Morgan fingerprint density at radius 2 is 1.94 bits per heavy atom. The molecule has 0 aromatic heterocycles. The van der Waals surface area contributed by atoms with Crippen molar-refractivity contribution < 1.29 is 18.0 Å². The molecule has 6 heteroatoms. The van der Waals surface area contributed by atoms with Crippen LogP contribution in [0.2, 0.25) is 0 Å². The Bertz CT molecular complexity index is 483. The van der Waals surface area contributed by atoms with Crippen molar-refractivity contribution in [3.8, 4) is 11.8 Å². The third kappa shape index (κ3) is 2.92. The van der Waals surface area contributed by atoms with Gasteiger partial charge in [-0.05, 0) is 24.1 Å². The van der Waals surface area contributed by atoms with Crippen molar-refractivity contribution in [1.82, 2.24) is 0 Å². The van der Waals surface area contributed by atoms with Gasteiger partial charge in [0.2, 0.25) is 0 Å². The third-order valence-electron chi connectivity index (χ3n) is 1.67. The van der Waals surface area contributed by atoms with Gasteiger partial charge in [0.1, 0.15) is 0 Å². The lowest BCUT2D eigenvalue weighted by molar-refractivity contribution is -0.137. The summed E-state index contributed by atoms with van der Waals surface area (Å²) >= 11 is 0. The minimum atomic E-state index is -4.57. The van der Waals surface area contributed by atoms with E-state index in [1.807, 2.05) is 11.8 Å². The summed E-state index contributed by atoms with van der Waals surface area (Å²) in [5.74, 6) is 2.89. The van der Waals surface area contributed by atoms with Crippen LogP contribution in [0.15, 0.2) is 18.2 Å². The number of nitrogens with two attached hydrogens (primary N) is 2. The summed E-state index contributed by atoms with van der Waals surface area (Å²) in [7, 11) is 0. The lowest BCUT2D eigenvalue weighted by Crippen LogP contribution is -2.10. The summed E-state index contributed by atoms with van der Waals surface area (Å²) in [6.45, 7) is 0. The van der Waals surface area contributed by atoms with Crippen LogP contribution in [0.25, 0.3) is 0 Å². The van der Waals surface area contributed by atoms with Gasteiger partial charge in [-0.2, -0.15) is 13.2 Å². The van der Waals surface area contributed by atoms with Crippen LogP contribution in [0.3, 0.4) is 0 Å². The van der Waals surface area contributed by atoms with Gasteiger partial charge in [-0.1, -0.05) is 5.92 Å². The zero-order valence-electron chi connectivity index (χ0n) is 7.93. The number of carbonyl (C=O) groups is 1. The first-order valence-electron chi connectivity index (χ1n) is 4.09. The highest BCUT2D eigenvalue weighted by atomic mass is 19.4. The van der Waals surface area contributed by atoms with Crippen LogP contribution < -0.4 is 11.5 Å². The SMILES string of the molecule is NC(=O)C#Cc1ccc(N)cc1C(F)(F)F. The summed E-state index contributed by atoms with van der Waals surface area (Å²) < 4.78 is 37.5. The van der Waals surface area contributed by atoms with Crippen molar-refractivity contribution in [2.45, 2.75) is 6.18 Å². The Balaban J connectivity index is 3.31. The summed E-state index contributed by atoms with van der Waals surface area (Å²) in [5, 5.41) is 0. The Hall–Kier alpha value is -2.16. The van der Waals surface area contributed by atoms with Crippen LogP contribution in [0.4, 0.5) is 18.9 Å². The second-order valence-electron chi connectivity index (χ2n) is 2.92. The maximum absolute atomic E-state index is 12.5. The van der Waals surface area contributed by atoms with Crippen LogP contribution >= 0.6 is 0 Å². The lowest BCUT2D eigenvalue weighted by atomic mass is 10.1. The molecule has 84 valence electrons. The maximum atomic E-state index is 12.5. The second kappa shape index (κ2) is 4.14. The Labute approximate surface area is 89.2 Å². The third-order valence-corrected chi connectivity index (χ3v) is 1.67. The van der Waals surface area contributed by atoms with Crippen molar-refractivity contribution in [1.29, 1.82) is 0 Å². The number of benzene rings is 1. The van der Waals surface area contributed by atoms with Gasteiger partial charge in [-0.15, -0.1) is 0 Å². The van der Waals surface area contributed by atoms with Gasteiger partial charge in [-0.25, -0.2) is 0 Å². The minimum Gasteiger partial charge on any atom is -0.399 e. The molecule has 0 aliphatic heterocycles. The lowest BCUT2D eigenvalue weighted by Gasteiger charge is -2.09. The number of anilines is 1. The van der Waals surface area contributed by atoms with Crippen molar-refractivity contribution in [2.75, 3.05) is 5.73 Å². The van der Waals surface area contributed by atoms with Gasteiger partial charge in [0, 0.05) is 11.3 Å². The van der Waals surface area contributed by atoms with Gasteiger partial charge in [0.15, 0.2) is 0 Å². The number of hydrogen-bond donors (Lipinski definition) is 2. The average Bonchev–Trinajstić information content (AvgIpc) is 2.14. The van der Waals surface area contributed by atoms with Gasteiger partial charge >= 0.3 is 6.18 Å². The highest BCUT2D eigenvalue weighted by Crippen LogP contribution is 2.32. The summed E-state index contributed by atoms with van der Waals surface area (Å²) in [6.07, 6.45) is -4.57. The van der Waals surface area contributed by atoms with Crippen molar-refractivity contribution >= 4 is 11.6 Å². The molecule has 1 amide bonds. The van der Waals surface area contributed by atoms with Crippen LogP contribution in [0.1, 0.15) is 11.1 Å². The number of amides is 1. The fraction of sp³-hybridized carbons (Fsp3) is 0.100.